The minimum atomic E-state index is -0.813. The van der Waals surface area contributed by atoms with Crippen molar-refractivity contribution >= 4 is 23.4 Å². The summed E-state index contributed by atoms with van der Waals surface area (Å²) in [6, 6.07) is 7.70. The molecule has 0 aliphatic rings. The van der Waals surface area contributed by atoms with Crippen molar-refractivity contribution in [1.82, 2.24) is 5.32 Å². The highest BCUT2D eigenvalue weighted by Gasteiger charge is 2.20. The molecule has 0 spiro atoms. The lowest BCUT2D eigenvalue weighted by Crippen LogP contribution is -2.44. The van der Waals surface area contributed by atoms with Crippen LogP contribution in [0.15, 0.2) is 24.3 Å². The van der Waals surface area contributed by atoms with E-state index in [1.165, 1.54) is 6.92 Å². The monoisotopic (exact) mass is 316 g/mol. The Balaban J connectivity index is 2.77. The topological polar surface area (TPSA) is 125 Å². The number of hydrogen-bond acceptors (Lipinski definition) is 4. The first-order valence-corrected chi connectivity index (χ1v) is 7.29. The van der Waals surface area contributed by atoms with Crippen molar-refractivity contribution in [2.45, 2.75) is 38.6 Å². The molecule has 0 heterocycles. The fourth-order valence-electron chi connectivity index (χ4n) is 2.05. The fourth-order valence-corrected chi connectivity index (χ4v) is 2.05. The zero-order valence-corrected chi connectivity index (χ0v) is 13.0. The number of hydrogen-bond donors (Lipinski definition) is 3. The van der Waals surface area contributed by atoms with E-state index in [1.54, 1.807) is 24.3 Å². The summed E-state index contributed by atoms with van der Waals surface area (Å²) in [5, 5.41) is 13.6. The standard InChI is InChI=1S/C16H20N4O3/c1-11(21)19-13-8-5-4-7-12(13)16(23)20-14(15(18)22)9-3-2-6-10-17/h4-5,7-8,14H,2-3,6,9H2,1H3,(H2,18,22)(H,19,21)(H,20,23)/t14-/m0/s1. The Morgan fingerprint density at radius 3 is 2.57 bits per heavy atom. The molecule has 0 aliphatic heterocycles. The molecule has 4 N–H and O–H groups in total. The van der Waals surface area contributed by atoms with Gasteiger partial charge in [0.15, 0.2) is 0 Å². The van der Waals surface area contributed by atoms with Gasteiger partial charge in [0.05, 0.1) is 17.3 Å². The lowest BCUT2D eigenvalue weighted by atomic mass is 10.1. The van der Waals surface area contributed by atoms with Gasteiger partial charge in [0, 0.05) is 13.3 Å². The fraction of sp³-hybridized carbons (Fsp3) is 0.375. The molecule has 1 aromatic carbocycles. The molecular formula is C16H20N4O3. The Morgan fingerprint density at radius 1 is 1.26 bits per heavy atom. The van der Waals surface area contributed by atoms with Crippen molar-refractivity contribution in [1.29, 1.82) is 5.26 Å². The van der Waals surface area contributed by atoms with E-state index in [9.17, 15) is 14.4 Å². The summed E-state index contributed by atoms with van der Waals surface area (Å²) in [4.78, 5) is 35.0. The summed E-state index contributed by atoms with van der Waals surface area (Å²) >= 11 is 0. The van der Waals surface area contributed by atoms with Crippen LogP contribution in [0, 0.1) is 11.3 Å². The van der Waals surface area contributed by atoms with Crippen LogP contribution >= 0.6 is 0 Å². The summed E-state index contributed by atoms with van der Waals surface area (Å²) in [5.41, 5.74) is 5.93. The largest absolute Gasteiger partial charge is 0.368 e. The number of carbonyl (C=O) groups is 3. The number of para-hydroxylation sites is 1. The Labute approximate surface area is 134 Å². The van der Waals surface area contributed by atoms with Crippen LogP contribution in [0.1, 0.15) is 43.0 Å². The smallest absolute Gasteiger partial charge is 0.254 e. The first kappa shape index (κ1) is 18.2. The Kier molecular flexibility index (Phi) is 7.27. The number of primary amides is 1. The maximum Gasteiger partial charge on any atom is 0.254 e. The molecule has 0 aromatic heterocycles. The van der Waals surface area contributed by atoms with E-state index in [4.69, 9.17) is 11.0 Å². The van der Waals surface area contributed by atoms with Crippen LogP contribution in [-0.2, 0) is 9.59 Å². The predicted molar refractivity (Wildman–Crippen MR) is 85.3 cm³/mol. The number of nitrogens with two attached hydrogens (primary N) is 1. The molecule has 1 atom stereocenters. The average molecular weight is 316 g/mol. The molecule has 3 amide bonds. The van der Waals surface area contributed by atoms with Gasteiger partial charge in [-0.15, -0.1) is 0 Å². The van der Waals surface area contributed by atoms with Gasteiger partial charge in [-0.3, -0.25) is 14.4 Å². The number of amides is 3. The van der Waals surface area contributed by atoms with Crippen molar-refractivity contribution in [2.75, 3.05) is 5.32 Å². The highest BCUT2D eigenvalue weighted by molar-refractivity contribution is 6.04. The Morgan fingerprint density at radius 2 is 1.96 bits per heavy atom. The molecule has 0 saturated carbocycles. The van der Waals surface area contributed by atoms with E-state index in [-0.39, 0.29) is 11.5 Å². The highest BCUT2D eigenvalue weighted by Crippen LogP contribution is 2.15. The number of carbonyl (C=O) groups excluding carboxylic acids is 3. The van der Waals surface area contributed by atoms with Crippen molar-refractivity contribution in [3.63, 3.8) is 0 Å². The van der Waals surface area contributed by atoms with E-state index in [0.717, 1.165) is 0 Å². The number of nitriles is 1. The van der Waals surface area contributed by atoms with E-state index in [1.807, 2.05) is 6.07 Å². The molecule has 0 aliphatic carbocycles. The summed E-state index contributed by atoms with van der Waals surface area (Å²) in [5.74, 6) is -1.42. The molecule has 122 valence electrons. The summed E-state index contributed by atoms with van der Waals surface area (Å²) in [6.07, 6.45) is 2.00. The third-order valence-electron chi connectivity index (χ3n) is 3.16. The second-order valence-corrected chi connectivity index (χ2v) is 5.06. The summed E-state index contributed by atoms with van der Waals surface area (Å²) in [6.45, 7) is 1.34. The van der Waals surface area contributed by atoms with Gasteiger partial charge in [-0.2, -0.15) is 5.26 Å². The van der Waals surface area contributed by atoms with Gasteiger partial charge in [-0.1, -0.05) is 12.1 Å². The second-order valence-electron chi connectivity index (χ2n) is 5.06. The van der Waals surface area contributed by atoms with Crippen LogP contribution in [0.3, 0.4) is 0 Å². The van der Waals surface area contributed by atoms with Crippen LogP contribution in [0.25, 0.3) is 0 Å². The van der Waals surface area contributed by atoms with Crippen molar-refractivity contribution < 1.29 is 14.4 Å². The summed E-state index contributed by atoms with van der Waals surface area (Å²) < 4.78 is 0. The van der Waals surface area contributed by atoms with Crippen LogP contribution in [0.4, 0.5) is 5.69 Å². The molecule has 0 fully saturated rings. The van der Waals surface area contributed by atoms with Crippen LogP contribution in [0.5, 0.6) is 0 Å². The minimum Gasteiger partial charge on any atom is -0.368 e. The molecular weight excluding hydrogens is 296 g/mol. The summed E-state index contributed by atoms with van der Waals surface area (Å²) in [7, 11) is 0. The number of unbranched alkanes of at least 4 members (excludes halogenated alkanes) is 2. The average Bonchev–Trinajstić information content (AvgIpc) is 2.49. The van der Waals surface area contributed by atoms with Crippen molar-refractivity contribution in [2.24, 2.45) is 5.73 Å². The number of nitrogens with zero attached hydrogens (tertiary/aromatic N) is 1. The zero-order valence-electron chi connectivity index (χ0n) is 13.0. The quantitative estimate of drug-likeness (QED) is 0.625. The third-order valence-corrected chi connectivity index (χ3v) is 3.16. The van der Waals surface area contributed by atoms with Crippen molar-refractivity contribution in [3.05, 3.63) is 29.8 Å². The maximum absolute atomic E-state index is 12.3. The van der Waals surface area contributed by atoms with E-state index in [0.29, 0.717) is 31.4 Å². The van der Waals surface area contributed by atoms with Gasteiger partial charge in [-0.25, -0.2) is 0 Å². The molecule has 0 bridgehead atoms. The molecule has 7 heteroatoms. The Hall–Kier alpha value is -2.88. The minimum absolute atomic E-state index is 0.256. The highest BCUT2D eigenvalue weighted by atomic mass is 16.2. The van der Waals surface area contributed by atoms with Gasteiger partial charge in [0.2, 0.25) is 11.8 Å². The van der Waals surface area contributed by atoms with Gasteiger partial charge in [-0.05, 0) is 31.4 Å². The van der Waals surface area contributed by atoms with Crippen LogP contribution in [-0.4, -0.2) is 23.8 Å². The lowest BCUT2D eigenvalue weighted by molar-refractivity contribution is -0.120. The molecule has 1 aromatic rings. The van der Waals surface area contributed by atoms with E-state index < -0.39 is 17.9 Å². The van der Waals surface area contributed by atoms with Gasteiger partial charge >= 0.3 is 0 Å². The lowest BCUT2D eigenvalue weighted by Gasteiger charge is -2.16. The maximum atomic E-state index is 12.3. The third kappa shape index (κ3) is 6.18. The van der Waals surface area contributed by atoms with Gasteiger partial charge < -0.3 is 16.4 Å². The number of benzene rings is 1. The molecule has 0 unspecified atom stereocenters. The Bertz CT molecular complexity index is 622. The zero-order chi connectivity index (χ0) is 17.2. The van der Waals surface area contributed by atoms with E-state index in [2.05, 4.69) is 10.6 Å². The first-order chi connectivity index (χ1) is 11.0. The van der Waals surface area contributed by atoms with Crippen molar-refractivity contribution in [3.8, 4) is 6.07 Å². The second kappa shape index (κ2) is 9.20. The van der Waals surface area contributed by atoms with Gasteiger partial charge in [0.25, 0.3) is 5.91 Å². The first-order valence-electron chi connectivity index (χ1n) is 7.29. The number of nitrogens with one attached hydrogen (secondary N) is 2. The molecule has 0 saturated heterocycles. The van der Waals surface area contributed by atoms with Crippen LogP contribution in [0.2, 0.25) is 0 Å². The number of anilines is 1. The SMILES string of the molecule is CC(=O)Nc1ccccc1C(=O)N[C@@H](CCCCC#N)C(N)=O. The molecule has 23 heavy (non-hydrogen) atoms. The number of rotatable bonds is 8. The van der Waals surface area contributed by atoms with E-state index >= 15 is 0 Å². The predicted octanol–water partition coefficient (Wildman–Crippen LogP) is 1.31. The molecule has 0 radical (unpaired) electrons. The van der Waals surface area contributed by atoms with Gasteiger partial charge in [0.1, 0.15) is 6.04 Å². The van der Waals surface area contributed by atoms with Crippen LogP contribution < -0.4 is 16.4 Å². The molecule has 1 rings (SSSR count). The molecule has 7 nitrogen and oxygen atoms in total. The normalized spacial score (nSPS) is 11.1.